The van der Waals surface area contributed by atoms with Gasteiger partial charge in [0.05, 0.1) is 5.69 Å². The topological polar surface area (TPSA) is 84.9 Å². The van der Waals surface area contributed by atoms with E-state index in [1.807, 2.05) is 18.7 Å². The Kier molecular flexibility index (Phi) is 5.72. The second kappa shape index (κ2) is 7.75. The van der Waals surface area contributed by atoms with Gasteiger partial charge in [-0.1, -0.05) is 6.92 Å². The molecule has 2 aromatic heterocycles. The van der Waals surface area contributed by atoms with Crippen molar-refractivity contribution in [2.45, 2.75) is 40.3 Å². The Morgan fingerprint density at radius 1 is 1.30 bits per heavy atom. The van der Waals surface area contributed by atoms with E-state index in [-0.39, 0.29) is 0 Å². The van der Waals surface area contributed by atoms with Gasteiger partial charge in [0.1, 0.15) is 12.2 Å². The minimum absolute atomic E-state index is 0.706. The molecular formula is C15H26N8. The van der Waals surface area contributed by atoms with Crippen LogP contribution in [0, 0.1) is 13.8 Å². The SMILES string of the molecule is CCc1nncn1CCNC(=NC)NCc1c(C)nn(C)c1C. The standard InChI is InChI=1S/C15H26N8/c1-6-14-20-19-10-23(14)8-7-17-15(16-4)18-9-13-11(2)21-22(5)12(13)3/h10H,6-9H2,1-5H3,(H2,16,17,18). The van der Waals surface area contributed by atoms with Crippen molar-refractivity contribution < 1.29 is 0 Å². The third kappa shape index (κ3) is 4.08. The largest absolute Gasteiger partial charge is 0.355 e. The summed E-state index contributed by atoms with van der Waals surface area (Å²) in [7, 11) is 3.73. The number of hydrogen-bond donors (Lipinski definition) is 2. The number of nitrogens with one attached hydrogen (secondary N) is 2. The quantitative estimate of drug-likeness (QED) is 0.600. The summed E-state index contributed by atoms with van der Waals surface area (Å²) in [5.41, 5.74) is 3.43. The highest BCUT2D eigenvalue weighted by atomic mass is 15.3. The summed E-state index contributed by atoms with van der Waals surface area (Å²) < 4.78 is 3.95. The fourth-order valence-electron chi connectivity index (χ4n) is 2.50. The lowest BCUT2D eigenvalue weighted by molar-refractivity contribution is 0.632. The van der Waals surface area contributed by atoms with Gasteiger partial charge < -0.3 is 15.2 Å². The summed E-state index contributed by atoms with van der Waals surface area (Å²) in [5, 5.41) is 19.1. The zero-order valence-corrected chi connectivity index (χ0v) is 14.6. The van der Waals surface area contributed by atoms with Gasteiger partial charge in [0.25, 0.3) is 0 Å². The summed E-state index contributed by atoms with van der Waals surface area (Å²) >= 11 is 0. The van der Waals surface area contributed by atoms with Gasteiger partial charge in [-0.15, -0.1) is 10.2 Å². The predicted molar refractivity (Wildman–Crippen MR) is 90.3 cm³/mol. The van der Waals surface area contributed by atoms with E-state index in [0.29, 0.717) is 6.54 Å². The maximum Gasteiger partial charge on any atom is 0.191 e. The molecule has 0 bridgehead atoms. The first-order valence-corrected chi connectivity index (χ1v) is 7.87. The van der Waals surface area contributed by atoms with Crippen LogP contribution in [0.25, 0.3) is 0 Å². The molecule has 0 atom stereocenters. The molecule has 0 aliphatic carbocycles. The normalized spacial score (nSPS) is 11.8. The zero-order chi connectivity index (χ0) is 16.8. The van der Waals surface area contributed by atoms with Crippen molar-refractivity contribution in [3.8, 4) is 0 Å². The Morgan fingerprint density at radius 3 is 2.70 bits per heavy atom. The first kappa shape index (κ1) is 17.0. The number of nitrogens with zero attached hydrogens (tertiary/aromatic N) is 6. The molecule has 2 rings (SSSR count). The Morgan fingerprint density at radius 2 is 2.09 bits per heavy atom. The molecule has 23 heavy (non-hydrogen) atoms. The maximum absolute atomic E-state index is 4.43. The molecule has 0 fully saturated rings. The molecule has 8 nitrogen and oxygen atoms in total. The second-order valence-electron chi connectivity index (χ2n) is 5.42. The molecule has 0 aromatic carbocycles. The van der Waals surface area contributed by atoms with Gasteiger partial charge in [0, 0.05) is 51.4 Å². The molecule has 2 heterocycles. The molecule has 0 unspecified atom stereocenters. The van der Waals surface area contributed by atoms with Crippen molar-refractivity contribution in [1.82, 2.24) is 35.2 Å². The number of aromatic nitrogens is 5. The van der Waals surface area contributed by atoms with E-state index in [1.165, 1.54) is 11.3 Å². The van der Waals surface area contributed by atoms with Crippen molar-refractivity contribution in [3.63, 3.8) is 0 Å². The van der Waals surface area contributed by atoms with Gasteiger partial charge in [0.2, 0.25) is 0 Å². The van der Waals surface area contributed by atoms with Crippen LogP contribution in [0.5, 0.6) is 0 Å². The lowest BCUT2D eigenvalue weighted by Gasteiger charge is -2.13. The Hall–Kier alpha value is -2.38. The highest BCUT2D eigenvalue weighted by molar-refractivity contribution is 5.79. The Bertz CT molecular complexity index is 667. The van der Waals surface area contributed by atoms with E-state index < -0.39 is 0 Å². The summed E-state index contributed by atoms with van der Waals surface area (Å²) in [4.78, 5) is 4.26. The molecule has 2 N–H and O–H groups in total. The average Bonchev–Trinajstić information content (AvgIpc) is 3.08. The molecule has 0 aliphatic heterocycles. The van der Waals surface area contributed by atoms with Gasteiger partial charge in [-0.3, -0.25) is 9.67 Å². The van der Waals surface area contributed by atoms with Crippen LogP contribution in [-0.4, -0.2) is 44.1 Å². The molecule has 0 aliphatic rings. The molecule has 2 aromatic rings. The minimum Gasteiger partial charge on any atom is -0.355 e. The van der Waals surface area contributed by atoms with Crippen LogP contribution in [0.2, 0.25) is 0 Å². The monoisotopic (exact) mass is 318 g/mol. The van der Waals surface area contributed by atoms with Crippen LogP contribution < -0.4 is 10.6 Å². The molecule has 8 heteroatoms. The van der Waals surface area contributed by atoms with Gasteiger partial charge in [-0.05, 0) is 13.8 Å². The third-order valence-corrected chi connectivity index (χ3v) is 3.97. The van der Waals surface area contributed by atoms with E-state index in [1.54, 1.807) is 13.4 Å². The van der Waals surface area contributed by atoms with Crippen molar-refractivity contribution in [2.75, 3.05) is 13.6 Å². The highest BCUT2D eigenvalue weighted by Gasteiger charge is 2.09. The van der Waals surface area contributed by atoms with Crippen LogP contribution in [0.1, 0.15) is 29.7 Å². The van der Waals surface area contributed by atoms with E-state index >= 15 is 0 Å². The average molecular weight is 318 g/mol. The molecule has 126 valence electrons. The predicted octanol–water partition coefficient (Wildman–Crippen LogP) is 0.556. The molecule has 0 saturated carbocycles. The van der Waals surface area contributed by atoms with Crippen molar-refractivity contribution in [2.24, 2.45) is 12.0 Å². The first-order chi connectivity index (χ1) is 11.1. The van der Waals surface area contributed by atoms with Gasteiger partial charge in [0.15, 0.2) is 5.96 Å². The number of aliphatic imine (C=N–C) groups is 1. The zero-order valence-electron chi connectivity index (χ0n) is 14.6. The van der Waals surface area contributed by atoms with Crippen LogP contribution in [0.15, 0.2) is 11.3 Å². The minimum atomic E-state index is 0.706. The molecule has 0 amide bonds. The lowest BCUT2D eigenvalue weighted by atomic mass is 10.2. The fourth-order valence-corrected chi connectivity index (χ4v) is 2.50. The van der Waals surface area contributed by atoms with Crippen LogP contribution in [0.4, 0.5) is 0 Å². The summed E-state index contributed by atoms with van der Waals surface area (Å²) in [5.74, 6) is 1.77. The van der Waals surface area contributed by atoms with Crippen molar-refractivity contribution in [1.29, 1.82) is 0 Å². The third-order valence-electron chi connectivity index (χ3n) is 3.97. The van der Waals surface area contributed by atoms with Gasteiger partial charge >= 0.3 is 0 Å². The highest BCUT2D eigenvalue weighted by Crippen LogP contribution is 2.10. The summed E-state index contributed by atoms with van der Waals surface area (Å²) in [6, 6.07) is 0. The lowest BCUT2D eigenvalue weighted by Crippen LogP contribution is -2.38. The number of guanidine groups is 1. The van der Waals surface area contributed by atoms with Gasteiger partial charge in [-0.2, -0.15) is 5.10 Å². The van der Waals surface area contributed by atoms with Gasteiger partial charge in [-0.25, -0.2) is 0 Å². The Balaban J connectivity index is 1.84. The summed E-state index contributed by atoms with van der Waals surface area (Å²) in [6.07, 6.45) is 2.64. The van der Waals surface area contributed by atoms with Crippen LogP contribution in [-0.2, 0) is 26.6 Å². The van der Waals surface area contributed by atoms with E-state index in [2.05, 4.69) is 49.3 Å². The Labute approximate surface area is 137 Å². The molecule has 0 saturated heterocycles. The maximum atomic E-state index is 4.43. The summed E-state index contributed by atoms with van der Waals surface area (Å²) in [6.45, 7) is 8.45. The van der Waals surface area contributed by atoms with Crippen LogP contribution in [0.3, 0.4) is 0 Å². The van der Waals surface area contributed by atoms with Crippen molar-refractivity contribution >= 4 is 5.96 Å². The van der Waals surface area contributed by atoms with Crippen LogP contribution >= 0.6 is 0 Å². The van der Waals surface area contributed by atoms with E-state index in [9.17, 15) is 0 Å². The number of hydrogen-bond acceptors (Lipinski definition) is 4. The number of aryl methyl sites for hydroxylation is 3. The van der Waals surface area contributed by atoms with E-state index in [0.717, 1.165) is 37.0 Å². The van der Waals surface area contributed by atoms with E-state index in [4.69, 9.17) is 0 Å². The second-order valence-corrected chi connectivity index (χ2v) is 5.42. The molecule has 0 spiro atoms. The first-order valence-electron chi connectivity index (χ1n) is 7.87. The smallest absolute Gasteiger partial charge is 0.191 e. The fraction of sp³-hybridized carbons (Fsp3) is 0.600. The number of rotatable bonds is 6. The molecular weight excluding hydrogens is 292 g/mol. The molecule has 0 radical (unpaired) electrons. The van der Waals surface area contributed by atoms with Crippen molar-refractivity contribution in [3.05, 3.63) is 29.1 Å².